The lowest BCUT2D eigenvalue weighted by Crippen LogP contribution is -2.39. The monoisotopic (exact) mass is 327 g/mol. The Labute approximate surface area is 143 Å². The summed E-state index contributed by atoms with van der Waals surface area (Å²) in [5, 5.41) is 6.93. The number of hydrogen-bond donors (Lipinski definition) is 1. The summed E-state index contributed by atoms with van der Waals surface area (Å²) < 4.78 is 5.28. The molecule has 0 spiro atoms. The van der Waals surface area contributed by atoms with E-state index in [1.165, 1.54) is 5.56 Å². The number of carbonyl (C=O) groups excluding carboxylic acids is 1. The molecule has 1 aliphatic rings. The van der Waals surface area contributed by atoms with Gasteiger partial charge in [-0.2, -0.15) is 0 Å². The lowest BCUT2D eigenvalue weighted by Gasteiger charge is -2.25. The maximum atomic E-state index is 12.7. The van der Waals surface area contributed by atoms with Gasteiger partial charge in [0.2, 0.25) is 11.8 Å². The minimum Gasteiger partial charge on any atom is -0.360 e. The second kappa shape index (κ2) is 6.30. The summed E-state index contributed by atoms with van der Waals surface area (Å²) in [7, 11) is 0. The van der Waals surface area contributed by atoms with Crippen LogP contribution < -0.4 is 10.2 Å². The number of aromatic nitrogens is 1. The third-order valence-corrected chi connectivity index (χ3v) is 4.45. The van der Waals surface area contributed by atoms with Crippen molar-refractivity contribution in [3.63, 3.8) is 0 Å². The van der Waals surface area contributed by atoms with Crippen molar-refractivity contribution in [2.24, 2.45) is 0 Å². The molecular weight excluding hydrogens is 302 g/mol. The molecule has 1 N–H and O–H groups in total. The van der Waals surface area contributed by atoms with Crippen LogP contribution in [0.15, 0.2) is 34.9 Å². The summed E-state index contributed by atoms with van der Waals surface area (Å²) in [6, 6.07) is 9.95. The first-order valence-electron chi connectivity index (χ1n) is 8.46. The van der Waals surface area contributed by atoms with Gasteiger partial charge in [0.1, 0.15) is 6.04 Å². The summed E-state index contributed by atoms with van der Waals surface area (Å²) in [4.78, 5) is 14.8. The van der Waals surface area contributed by atoms with Crippen LogP contribution in [-0.2, 0) is 10.2 Å². The van der Waals surface area contributed by atoms with Crippen molar-refractivity contribution in [3.05, 3.63) is 41.6 Å². The van der Waals surface area contributed by atoms with Gasteiger partial charge in [0.05, 0.1) is 5.69 Å². The number of anilines is 2. The van der Waals surface area contributed by atoms with E-state index in [0.29, 0.717) is 5.88 Å². The van der Waals surface area contributed by atoms with Crippen LogP contribution in [0, 0.1) is 6.92 Å². The lowest BCUT2D eigenvalue weighted by atomic mass is 9.92. The molecule has 1 aromatic heterocycles. The van der Waals surface area contributed by atoms with Crippen LogP contribution in [0.1, 0.15) is 44.9 Å². The molecule has 2 heterocycles. The minimum atomic E-state index is -0.170. The normalized spacial score (nSPS) is 18.0. The van der Waals surface area contributed by atoms with Gasteiger partial charge in [0.25, 0.3) is 0 Å². The van der Waals surface area contributed by atoms with E-state index in [-0.39, 0.29) is 17.4 Å². The van der Waals surface area contributed by atoms with Gasteiger partial charge in [-0.3, -0.25) is 10.1 Å². The first-order chi connectivity index (χ1) is 11.3. The molecule has 1 aromatic carbocycles. The Balaban J connectivity index is 1.72. The van der Waals surface area contributed by atoms with E-state index in [1.807, 2.05) is 6.07 Å². The zero-order valence-corrected chi connectivity index (χ0v) is 14.8. The maximum Gasteiger partial charge on any atom is 0.249 e. The van der Waals surface area contributed by atoms with Gasteiger partial charge in [0, 0.05) is 23.7 Å². The van der Waals surface area contributed by atoms with Crippen LogP contribution in [0.3, 0.4) is 0 Å². The second-order valence-corrected chi connectivity index (χ2v) is 7.50. The topological polar surface area (TPSA) is 58.4 Å². The number of carbonyl (C=O) groups is 1. The summed E-state index contributed by atoms with van der Waals surface area (Å²) >= 11 is 0. The van der Waals surface area contributed by atoms with Crippen molar-refractivity contribution in [1.82, 2.24) is 5.16 Å². The average molecular weight is 327 g/mol. The van der Waals surface area contributed by atoms with Crippen molar-refractivity contribution < 1.29 is 9.32 Å². The van der Waals surface area contributed by atoms with E-state index >= 15 is 0 Å². The highest BCUT2D eigenvalue weighted by Crippen LogP contribution is 2.28. The molecule has 0 aliphatic carbocycles. The smallest absolute Gasteiger partial charge is 0.249 e. The number of aryl methyl sites for hydroxylation is 1. The summed E-state index contributed by atoms with van der Waals surface area (Å²) in [6.07, 6.45) is 1.86. The largest absolute Gasteiger partial charge is 0.360 e. The fourth-order valence-electron chi connectivity index (χ4n) is 2.98. The highest BCUT2D eigenvalue weighted by molar-refractivity contribution is 5.96. The Morgan fingerprint density at radius 2 is 2.00 bits per heavy atom. The maximum absolute atomic E-state index is 12.7. The van der Waals surface area contributed by atoms with Gasteiger partial charge in [-0.1, -0.05) is 43.6 Å². The molecule has 0 radical (unpaired) electrons. The van der Waals surface area contributed by atoms with Crippen molar-refractivity contribution in [3.8, 4) is 0 Å². The van der Waals surface area contributed by atoms with Gasteiger partial charge in [-0.05, 0) is 31.9 Å². The van der Waals surface area contributed by atoms with E-state index in [9.17, 15) is 4.79 Å². The van der Waals surface area contributed by atoms with E-state index in [2.05, 4.69) is 67.3 Å². The van der Waals surface area contributed by atoms with Crippen molar-refractivity contribution in [2.45, 2.75) is 52.0 Å². The Morgan fingerprint density at radius 1 is 1.29 bits per heavy atom. The van der Waals surface area contributed by atoms with E-state index in [1.54, 1.807) is 0 Å². The molecule has 1 saturated heterocycles. The molecule has 128 valence electrons. The van der Waals surface area contributed by atoms with E-state index in [4.69, 9.17) is 4.52 Å². The fraction of sp³-hybridized carbons (Fsp3) is 0.474. The predicted octanol–water partition coefficient (Wildman–Crippen LogP) is 3.89. The summed E-state index contributed by atoms with van der Waals surface area (Å²) in [6.45, 7) is 9.14. The van der Waals surface area contributed by atoms with E-state index < -0.39 is 0 Å². The Hall–Kier alpha value is -2.30. The van der Waals surface area contributed by atoms with Crippen LogP contribution in [0.2, 0.25) is 0 Å². The molecule has 1 fully saturated rings. The second-order valence-electron chi connectivity index (χ2n) is 7.50. The highest BCUT2D eigenvalue weighted by atomic mass is 16.5. The van der Waals surface area contributed by atoms with Crippen LogP contribution in [0.4, 0.5) is 11.6 Å². The summed E-state index contributed by atoms with van der Waals surface area (Å²) in [5.41, 5.74) is 3.04. The molecule has 1 atom stereocenters. The highest BCUT2D eigenvalue weighted by Gasteiger charge is 2.31. The lowest BCUT2D eigenvalue weighted by molar-refractivity contribution is -0.117. The van der Waals surface area contributed by atoms with Gasteiger partial charge >= 0.3 is 0 Å². The molecule has 1 amide bonds. The number of benzene rings is 1. The Bertz CT molecular complexity index is 713. The zero-order chi connectivity index (χ0) is 17.3. The molecule has 5 nitrogen and oxygen atoms in total. The standard InChI is InChI=1S/C19H25N3O2/c1-13-7-9-14(10-8-13)22-11-5-6-15(22)18(23)20-17-12-16(21-24-17)19(2,3)4/h7-10,12,15H,5-6,11H2,1-4H3,(H,20,23)/t15-/m0/s1. The molecule has 0 unspecified atom stereocenters. The number of nitrogens with zero attached hydrogens (tertiary/aromatic N) is 2. The Morgan fingerprint density at radius 3 is 2.62 bits per heavy atom. The van der Waals surface area contributed by atoms with Crippen molar-refractivity contribution in [2.75, 3.05) is 16.8 Å². The van der Waals surface area contributed by atoms with Crippen molar-refractivity contribution >= 4 is 17.5 Å². The molecule has 5 heteroatoms. The molecule has 0 bridgehead atoms. The zero-order valence-electron chi connectivity index (χ0n) is 14.8. The van der Waals surface area contributed by atoms with Crippen LogP contribution in [-0.4, -0.2) is 23.7 Å². The minimum absolute atomic E-state index is 0.0373. The van der Waals surface area contributed by atoms with Gasteiger partial charge in [-0.15, -0.1) is 0 Å². The van der Waals surface area contributed by atoms with Gasteiger partial charge in [0.15, 0.2) is 0 Å². The average Bonchev–Trinajstić information content (AvgIpc) is 3.16. The predicted molar refractivity (Wildman–Crippen MR) is 95.4 cm³/mol. The van der Waals surface area contributed by atoms with Crippen LogP contribution >= 0.6 is 0 Å². The van der Waals surface area contributed by atoms with Crippen molar-refractivity contribution in [1.29, 1.82) is 0 Å². The van der Waals surface area contributed by atoms with Gasteiger partial charge in [-0.25, -0.2) is 0 Å². The van der Waals surface area contributed by atoms with Crippen LogP contribution in [0.5, 0.6) is 0 Å². The third kappa shape index (κ3) is 3.45. The molecule has 1 aliphatic heterocycles. The first kappa shape index (κ1) is 16.6. The molecule has 2 aromatic rings. The molecule has 0 saturated carbocycles. The summed E-state index contributed by atoms with van der Waals surface area (Å²) in [5.74, 6) is 0.380. The van der Waals surface area contributed by atoms with Crippen LogP contribution in [0.25, 0.3) is 0 Å². The molecular formula is C19H25N3O2. The molecule has 24 heavy (non-hydrogen) atoms. The fourth-order valence-corrected chi connectivity index (χ4v) is 2.98. The Kier molecular flexibility index (Phi) is 4.35. The first-order valence-corrected chi connectivity index (χ1v) is 8.46. The quantitative estimate of drug-likeness (QED) is 0.929. The number of amides is 1. The molecule has 3 rings (SSSR count). The number of nitrogens with one attached hydrogen (secondary N) is 1. The number of rotatable bonds is 3. The third-order valence-electron chi connectivity index (χ3n) is 4.45. The van der Waals surface area contributed by atoms with E-state index in [0.717, 1.165) is 30.8 Å². The van der Waals surface area contributed by atoms with Gasteiger partial charge < -0.3 is 9.42 Å². The number of hydrogen-bond acceptors (Lipinski definition) is 4. The SMILES string of the molecule is Cc1ccc(N2CCC[C@H]2C(=O)Nc2cc(C(C)(C)C)no2)cc1.